The fourth-order valence-corrected chi connectivity index (χ4v) is 1.69. The highest BCUT2D eigenvalue weighted by Crippen LogP contribution is 2.26. The van der Waals surface area contributed by atoms with Crippen LogP contribution in [0.5, 0.6) is 5.75 Å². The Hall–Kier alpha value is -1.55. The number of carbonyl (C=O) groups excluding carboxylic acids is 1. The lowest BCUT2D eigenvalue weighted by Crippen LogP contribution is -2.20. The number of hydrogen-bond donors (Lipinski definition) is 0. The molecular formula is C12H12ClNO3. The van der Waals surface area contributed by atoms with E-state index in [0.717, 1.165) is 16.1 Å². The third-order valence-electron chi connectivity index (χ3n) is 2.42. The number of hydrogen-bond acceptors (Lipinski definition) is 3. The average molecular weight is 254 g/mol. The van der Waals surface area contributed by atoms with Crippen molar-refractivity contribution in [1.29, 1.82) is 0 Å². The first kappa shape index (κ1) is 11.9. The Balaban J connectivity index is 2.00. The number of aryl methyl sites for hydroxylation is 2. The number of ether oxygens (including phenoxy) is 2. The van der Waals surface area contributed by atoms with Crippen molar-refractivity contribution >= 4 is 23.9 Å². The summed E-state index contributed by atoms with van der Waals surface area (Å²) < 4.78 is 10.4. The summed E-state index contributed by atoms with van der Waals surface area (Å²) in [5.41, 5.74) is 1.91. The van der Waals surface area contributed by atoms with Crippen LogP contribution in [0.4, 0.5) is 4.79 Å². The van der Waals surface area contributed by atoms with E-state index in [-0.39, 0.29) is 6.61 Å². The Morgan fingerprint density at radius 3 is 2.59 bits per heavy atom. The van der Waals surface area contributed by atoms with Crippen molar-refractivity contribution in [3.05, 3.63) is 28.3 Å². The van der Waals surface area contributed by atoms with Crippen LogP contribution in [0.1, 0.15) is 11.1 Å². The van der Waals surface area contributed by atoms with Crippen LogP contribution in [0.2, 0.25) is 5.02 Å². The monoisotopic (exact) mass is 253 g/mol. The molecule has 0 fully saturated rings. The predicted octanol–water partition coefficient (Wildman–Crippen LogP) is 2.93. The number of aliphatic imine (C=N–C) groups is 1. The van der Waals surface area contributed by atoms with Gasteiger partial charge in [-0.15, -0.1) is 0 Å². The van der Waals surface area contributed by atoms with E-state index in [9.17, 15) is 4.79 Å². The van der Waals surface area contributed by atoms with Crippen molar-refractivity contribution in [1.82, 2.24) is 0 Å². The van der Waals surface area contributed by atoms with Crippen molar-refractivity contribution in [3.63, 3.8) is 0 Å². The lowest BCUT2D eigenvalue weighted by atomic mass is 10.1. The van der Waals surface area contributed by atoms with Gasteiger partial charge in [0.1, 0.15) is 12.4 Å². The highest BCUT2D eigenvalue weighted by atomic mass is 35.5. The molecule has 17 heavy (non-hydrogen) atoms. The van der Waals surface area contributed by atoms with Crippen molar-refractivity contribution in [2.24, 2.45) is 4.99 Å². The summed E-state index contributed by atoms with van der Waals surface area (Å²) in [5, 5.41) is 0.742. The number of amides is 1. The first-order valence-corrected chi connectivity index (χ1v) is 5.58. The standard InChI is InChI=1S/C12H12ClNO3/c1-7-3-9(4-8(2)11(7)13)16-6-10-5-14-12(15)17-10/h3-5,10H,6H2,1-2H3. The average Bonchev–Trinajstić information content (AvgIpc) is 2.69. The summed E-state index contributed by atoms with van der Waals surface area (Å²) in [6, 6.07) is 3.70. The first-order valence-electron chi connectivity index (χ1n) is 5.20. The molecule has 90 valence electrons. The van der Waals surface area contributed by atoms with Crippen LogP contribution in [0.15, 0.2) is 17.1 Å². The lowest BCUT2D eigenvalue weighted by Gasteiger charge is -2.12. The zero-order valence-corrected chi connectivity index (χ0v) is 10.3. The molecule has 0 saturated carbocycles. The molecule has 1 atom stereocenters. The Bertz CT molecular complexity index is 462. The number of nitrogens with zero attached hydrogens (tertiary/aromatic N) is 1. The van der Waals surface area contributed by atoms with Crippen LogP contribution >= 0.6 is 11.6 Å². The Labute approximate surface area is 104 Å². The van der Waals surface area contributed by atoms with Crippen LogP contribution in [-0.4, -0.2) is 25.0 Å². The molecule has 4 nitrogen and oxygen atoms in total. The molecule has 2 rings (SSSR count). The number of halogens is 1. The second-order valence-corrected chi connectivity index (χ2v) is 4.26. The van der Waals surface area contributed by atoms with Gasteiger partial charge in [-0.05, 0) is 37.1 Å². The molecule has 1 aromatic carbocycles. The quantitative estimate of drug-likeness (QED) is 0.832. The minimum absolute atomic E-state index is 0.260. The summed E-state index contributed by atoms with van der Waals surface area (Å²) in [6.45, 7) is 4.09. The smallest absolute Gasteiger partial charge is 0.434 e. The van der Waals surface area contributed by atoms with Gasteiger partial charge >= 0.3 is 6.09 Å². The maximum Gasteiger partial charge on any atom is 0.434 e. The SMILES string of the molecule is Cc1cc(OCC2C=NC(=O)O2)cc(C)c1Cl. The number of cyclic esters (lactones) is 1. The second kappa shape index (κ2) is 4.75. The van der Waals surface area contributed by atoms with Gasteiger partial charge in [0.25, 0.3) is 0 Å². The molecule has 0 N–H and O–H groups in total. The van der Waals surface area contributed by atoms with E-state index >= 15 is 0 Å². The molecule has 1 aliphatic heterocycles. The fourth-order valence-electron chi connectivity index (χ4n) is 1.58. The molecule has 0 spiro atoms. The van der Waals surface area contributed by atoms with Crippen LogP contribution < -0.4 is 4.74 Å². The third-order valence-corrected chi connectivity index (χ3v) is 3.02. The minimum atomic E-state index is -0.568. The van der Waals surface area contributed by atoms with Crippen LogP contribution in [0.25, 0.3) is 0 Å². The fraction of sp³-hybridized carbons (Fsp3) is 0.333. The lowest BCUT2D eigenvalue weighted by molar-refractivity contribution is 0.119. The molecule has 0 bridgehead atoms. The van der Waals surface area contributed by atoms with E-state index in [1.54, 1.807) is 0 Å². The maximum absolute atomic E-state index is 10.7. The molecule has 1 aromatic rings. The Morgan fingerprint density at radius 1 is 1.41 bits per heavy atom. The van der Waals surface area contributed by atoms with Gasteiger partial charge in [0, 0.05) is 5.02 Å². The van der Waals surface area contributed by atoms with Gasteiger partial charge in [0.2, 0.25) is 0 Å². The van der Waals surface area contributed by atoms with E-state index in [0.29, 0.717) is 5.75 Å². The second-order valence-electron chi connectivity index (χ2n) is 3.88. The van der Waals surface area contributed by atoms with E-state index in [2.05, 4.69) is 4.99 Å². The summed E-state index contributed by atoms with van der Waals surface area (Å²) in [4.78, 5) is 14.2. The Kier molecular flexibility index (Phi) is 3.33. The highest BCUT2D eigenvalue weighted by Gasteiger charge is 2.18. The molecule has 0 saturated heterocycles. The van der Waals surface area contributed by atoms with Gasteiger partial charge in [-0.25, -0.2) is 4.79 Å². The van der Waals surface area contributed by atoms with E-state index < -0.39 is 12.2 Å². The zero-order valence-electron chi connectivity index (χ0n) is 9.57. The molecule has 1 amide bonds. The van der Waals surface area contributed by atoms with Crippen molar-refractivity contribution in [2.45, 2.75) is 20.0 Å². The van der Waals surface area contributed by atoms with Crippen molar-refractivity contribution in [3.8, 4) is 5.75 Å². The molecule has 0 aromatic heterocycles. The summed E-state index contributed by atoms with van der Waals surface area (Å²) in [5.74, 6) is 0.709. The van der Waals surface area contributed by atoms with Crippen molar-refractivity contribution in [2.75, 3.05) is 6.61 Å². The van der Waals surface area contributed by atoms with Crippen LogP contribution in [0.3, 0.4) is 0 Å². The molecule has 1 heterocycles. The normalized spacial score (nSPS) is 18.3. The molecule has 1 unspecified atom stereocenters. The Morgan fingerprint density at radius 2 is 2.06 bits per heavy atom. The van der Waals surface area contributed by atoms with E-state index in [4.69, 9.17) is 21.1 Å². The minimum Gasteiger partial charge on any atom is -0.489 e. The zero-order chi connectivity index (χ0) is 12.4. The van der Waals surface area contributed by atoms with Crippen LogP contribution in [0, 0.1) is 13.8 Å². The summed E-state index contributed by atoms with van der Waals surface area (Å²) >= 11 is 6.05. The van der Waals surface area contributed by atoms with Gasteiger partial charge in [-0.1, -0.05) is 11.6 Å². The van der Waals surface area contributed by atoms with Gasteiger partial charge in [-0.3, -0.25) is 0 Å². The van der Waals surface area contributed by atoms with Gasteiger partial charge in [0.05, 0.1) is 6.21 Å². The summed E-state index contributed by atoms with van der Waals surface area (Å²) in [6.07, 6.45) is 0.471. The number of carbonyl (C=O) groups is 1. The number of rotatable bonds is 3. The van der Waals surface area contributed by atoms with Gasteiger partial charge in [0.15, 0.2) is 6.10 Å². The molecule has 0 radical (unpaired) electrons. The molecular weight excluding hydrogens is 242 g/mol. The third kappa shape index (κ3) is 2.77. The topological polar surface area (TPSA) is 47.9 Å². The number of benzene rings is 1. The van der Waals surface area contributed by atoms with Crippen LogP contribution in [-0.2, 0) is 4.74 Å². The van der Waals surface area contributed by atoms with E-state index in [1.165, 1.54) is 6.21 Å². The first-order chi connectivity index (χ1) is 8.06. The van der Waals surface area contributed by atoms with Gasteiger partial charge < -0.3 is 9.47 Å². The maximum atomic E-state index is 10.7. The largest absolute Gasteiger partial charge is 0.489 e. The molecule has 5 heteroatoms. The van der Waals surface area contributed by atoms with Gasteiger partial charge in [-0.2, -0.15) is 4.99 Å². The van der Waals surface area contributed by atoms with Crippen molar-refractivity contribution < 1.29 is 14.3 Å². The molecule has 1 aliphatic rings. The molecule has 0 aliphatic carbocycles. The highest BCUT2D eigenvalue weighted by molar-refractivity contribution is 6.32. The predicted molar refractivity (Wildman–Crippen MR) is 65.2 cm³/mol. The summed E-state index contributed by atoms with van der Waals surface area (Å²) in [7, 11) is 0. The van der Waals surface area contributed by atoms with E-state index in [1.807, 2.05) is 26.0 Å².